The van der Waals surface area contributed by atoms with Gasteiger partial charge in [-0.3, -0.25) is 9.59 Å². The summed E-state index contributed by atoms with van der Waals surface area (Å²) in [5.74, 6) is -1.92. The first-order valence-electron chi connectivity index (χ1n) is 10.9. The van der Waals surface area contributed by atoms with E-state index in [1.165, 1.54) is 44.1 Å². The van der Waals surface area contributed by atoms with Crippen molar-refractivity contribution in [1.29, 1.82) is 0 Å². The molecule has 0 bridgehead atoms. The predicted octanol–water partition coefficient (Wildman–Crippen LogP) is 3.69. The fraction of sp³-hybridized carbons (Fsp3) is 0.391. The van der Waals surface area contributed by atoms with Crippen molar-refractivity contribution in [2.45, 2.75) is 32.9 Å². The maximum atomic E-state index is 14.6. The summed E-state index contributed by atoms with van der Waals surface area (Å²) in [4.78, 5) is 27.5. The Bertz CT molecular complexity index is 1160. The molecule has 0 aliphatic rings. The first kappa shape index (κ1) is 28.8. The van der Waals surface area contributed by atoms with E-state index in [2.05, 4.69) is 5.32 Å². The summed E-state index contributed by atoms with van der Waals surface area (Å²) in [6.07, 6.45) is 0.696. The van der Waals surface area contributed by atoms with Crippen LogP contribution in [0.5, 0.6) is 0 Å². The van der Waals surface area contributed by atoms with Gasteiger partial charge in [0, 0.05) is 27.2 Å². The summed E-state index contributed by atoms with van der Waals surface area (Å²) in [7, 11) is -1.69. The Labute approximate surface area is 215 Å². The Morgan fingerprint density at radius 1 is 1.09 bits per heavy atom. The van der Waals surface area contributed by atoms with Gasteiger partial charge in [0.25, 0.3) is 0 Å². The van der Waals surface area contributed by atoms with Crippen molar-refractivity contribution in [1.82, 2.24) is 14.5 Å². The molecular weight excluding hydrogens is 518 g/mol. The lowest BCUT2D eigenvalue weighted by Crippen LogP contribution is -2.52. The minimum Gasteiger partial charge on any atom is -0.354 e. The minimum atomic E-state index is -4.25. The molecule has 0 heterocycles. The molecule has 0 unspecified atom stereocenters. The number of nitrogens with zero attached hydrogens (tertiary/aromatic N) is 3. The van der Waals surface area contributed by atoms with Crippen molar-refractivity contribution in [2.24, 2.45) is 0 Å². The SMILES string of the molecule is CCCNC(=O)[C@H](C)N(Cc1ccc(Cl)c(Cl)c1)C(=O)CN(c1ccccc1F)S(=O)(=O)N(C)C. The number of nitrogens with one attached hydrogen (secondary N) is 1. The van der Waals surface area contributed by atoms with Gasteiger partial charge in [-0.2, -0.15) is 12.7 Å². The van der Waals surface area contributed by atoms with E-state index in [0.717, 1.165) is 10.4 Å². The Morgan fingerprint density at radius 2 is 1.74 bits per heavy atom. The highest BCUT2D eigenvalue weighted by molar-refractivity contribution is 7.90. The van der Waals surface area contributed by atoms with Gasteiger partial charge in [0.2, 0.25) is 11.8 Å². The third-order valence-corrected chi connectivity index (χ3v) is 7.74. The lowest BCUT2D eigenvalue weighted by atomic mass is 10.1. The molecule has 1 N–H and O–H groups in total. The summed E-state index contributed by atoms with van der Waals surface area (Å²) in [5.41, 5.74) is 0.294. The standard InChI is InChI=1S/C23H29Cl2FN4O4S/c1-5-12-27-23(32)16(2)29(14-17-10-11-18(24)19(25)13-17)22(31)15-30(35(33,34)28(3)4)21-9-7-6-8-20(21)26/h6-11,13,16H,5,12,14-15H2,1-4H3,(H,27,32)/t16-/m0/s1. The molecule has 0 aliphatic heterocycles. The lowest BCUT2D eigenvalue weighted by molar-refractivity contribution is -0.139. The van der Waals surface area contributed by atoms with Gasteiger partial charge in [0.1, 0.15) is 18.4 Å². The second-order valence-electron chi connectivity index (χ2n) is 7.99. The van der Waals surface area contributed by atoms with E-state index in [4.69, 9.17) is 23.2 Å². The molecule has 12 heteroatoms. The van der Waals surface area contributed by atoms with Crippen LogP contribution in [0.2, 0.25) is 10.0 Å². The Morgan fingerprint density at radius 3 is 2.31 bits per heavy atom. The largest absolute Gasteiger partial charge is 0.354 e. The van der Waals surface area contributed by atoms with Crippen LogP contribution >= 0.6 is 23.2 Å². The van der Waals surface area contributed by atoms with Crippen molar-refractivity contribution in [3.63, 3.8) is 0 Å². The van der Waals surface area contributed by atoms with E-state index in [1.807, 2.05) is 6.92 Å². The Kier molecular flexibility index (Phi) is 10.3. The number of para-hydroxylation sites is 1. The fourth-order valence-electron chi connectivity index (χ4n) is 3.17. The molecule has 0 aliphatic carbocycles. The molecule has 0 aromatic heterocycles. The number of benzene rings is 2. The highest BCUT2D eigenvalue weighted by atomic mass is 35.5. The van der Waals surface area contributed by atoms with Crippen molar-refractivity contribution >= 4 is 50.9 Å². The van der Waals surface area contributed by atoms with Crippen LogP contribution in [-0.2, 0) is 26.3 Å². The van der Waals surface area contributed by atoms with E-state index < -0.39 is 40.4 Å². The monoisotopic (exact) mass is 546 g/mol. The smallest absolute Gasteiger partial charge is 0.304 e. The second kappa shape index (κ2) is 12.5. The van der Waals surface area contributed by atoms with Crippen LogP contribution < -0.4 is 9.62 Å². The molecule has 2 aromatic carbocycles. The van der Waals surface area contributed by atoms with Crippen LogP contribution in [0.1, 0.15) is 25.8 Å². The van der Waals surface area contributed by atoms with E-state index in [-0.39, 0.29) is 17.3 Å². The number of amides is 2. The number of carbonyl (C=O) groups is 2. The van der Waals surface area contributed by atoms with Gasteiger partial charge in [0.05, 0.1) is 15.7 Å². The van der Waals surface area contributed by atoms with Gasteiger partial charge in [-0.05, 0) is 43.2 Å². The van der Waals surface area contributed by atoms with Gasteiger partial charge < -0.3 is 10.2 Å². The number of anilines is 1. The van der Waals surface area contributed by atoms with Crippen LogP contribution in [0, 0.1) is 5.82 Å². The summed E-state index contributed by atoms with van der Waals surface area (Å²) < 4.78 is 42.2. The van der Waals surface area contributed by atoms with Crippen LogP contribution in [0.3, 0.4) is 0 Å². The molecule has 2 amide bonds. The molecule has 8 nitrogen and oxygen atoms in total. The van der Waals surface area contributed by atoms with Gasteiger partial charge in [0.15, 0.2) is 0 Å². The van der Waals surface area contributed by atoms with E-state index in [1.54, 1.807) is 18.2 Å². The second-order valence-corrected chi connectivity index (χ2v) is 10.9. The molecule has 2 rings (SSSR count). The summed E-state index contributed by atoms with van der Waals surface area (Å²) >= 11 is 12.1. The molecule has 1 atom stereocenters. The van der Waals surface area contributed by atoms with Crippen LogP contribution in [0.25, 0.3) is 0 Å². The zero-order valence-corrected chi connectivity index (χ0v) is 22.3. The number of carbonyl (C=O) groups excluding carboxylic acids is 2. The Hall–Kier alpha value is -2.40. The topological polar surface area (TPSA) is 90.0 Å². The van der Waals surface area contributed by atoms with E-state index in [9.17, 15) is 22.4 Å². The van der Waals surface area contributed by atoms with E-state index >= 15 is 0 Å². The van der Waals surface area contributed by atoms with Crippen molar-refractivity contribution < 1.29 is 22.4 Å². The zero-order valence-electron chi connectivity index (χ0n) is 20.0. The Balaban J connectivity index is 2.47. The normalized spacial score (nSPS) is 12.3. The number of rotatable bonds is 11. The lowest BCUT2D eigenvalue weighted by Gasteiger charge is -2.33. The average molecular weight is 547 g/mol. The maximum absolute atomic E-state index is 14.6. The summed E-state index contributed by atoms with van der Waals surface area (Å²) in [5, 5.41) is 3.33. The average Bonchev–Trinajstić information content (AvgIpc) is 2.81. The fourth-order valence-corrected chi connectivity index (χ4v) is 4.55. The van der Waals surface area contributed by atoms with Gasteiger partial charge in [-0.15, -0.1) is 0 Å². The molecule has 0 saturated carbocycles. The first-order valence-corrected chi connectivity index (χ1v) is 13.0. The van der Waals surface area contributed by atoms with Gasteiger partial charge >= 0.3 is 10.2 Å². The van der Waals surface area contributed by atoms with Crippen molar-refractivity contribution in [2.75, 3.05) is 31.5 Å². The predicted molar refractivity (Wildman–Crippen MR) is 136 cm³/mol. The highest BCUT2D eigenvalue weighted by Crippen LogP contribution is 2.26. The zero-order chi connectivity index (χ0) is 26.3. The quantitative estimate of drug-likeness (QED) is 0.465. The van der Waals surface area contributed by atoms with Crippen molar-refractivity contribution in [3.8, 4) is 0 Å². The molecule has 192 valence electrons. The summed E-state index contributed by atoms with van der Waals surface area (Å²) in [6.45, 7) is 3.06. The molecule has 2 aromatic rings. The maximum Gasteiger partial charge on any atom is 0.304 e. The van der Waals surface area contributed by atoms with Crippen LogP contribution in [0.15, 0.2) is 42.5 Å². The molecule has 0 spiro atoms. The van der Waals surface area contributed by atoms with Crippen molar-refractivity contribution in [3.05, 3.63) is 63.9 Å². The molecule has 0 saturated heterocycles. The van der Waals surface area contributed by atoms with Gasteiger partial charge in [-0.25, -0.2) is 8.70 Å². The molecule has 35 heavy (non-hydrogen) atoms. The third kappa shape index (κ3) is 7.30. The van der Waals surface area contributed by atoms with E-state index in [0.29, 0.717) is 27.9 Å². The third-order valence-electron chi connectivity index (χ3n) is 5.19. The molecule has 0 radical (unpaired) electrons. The molecule has 0 fully saturated rings. The first-order chi connectivity index (χ1) is 16.4. The summed E-state index contributed by atoms with van der Waals surface area (Å²) in [6, 6.07) is 9.07. The van der Waals surface area contributed by atoms with Crippen LogP contribution in [-0.4, -0.2) is 62.7 Å². The van der Waals surface area contributed by atoms with Gasteiger partial charge in [-0.1, -0.05) is 48.3 Å². The molecular formula is C23H29Cl2FN4O4S. The number of halogens is 3. The highest BCUT2D eigenvalue weighted by Gasteiger charge is 2.33. The number of hydrogen-bond donors (Lipinski definition) is 1. The van der Waals surface area contributed by atoms with Crippen LogP contribution in [0.4, 0.5) is 10.1 Å². The number of hydrogen-bond acceptors (Lipinski definition) is 4. The minimum absolute atomic E-state index is 0.0520.